The molecule has 2 heterocycles. The van der Waals surface area contributed by atoms with Gasteiger partial charge in [0.25, 0.3) is 5.91 Å². The van der Waals surface area contributed by atoms with Crippen molar-refractivity contribution in [2.24, 2.45) is 0 Å². The van der Waals surface area contributed by atoms with Crippen molar-refractivity contribution in [3.05, 3.63) is 29.8 Å². The number of nitrogens with zero attached hydrogens (tertiary/aromatic N) is 1. The average molecular weight is 359 g/mol. The van der Waals surface area contributed by atoms with Gasteiger partial charge in [0.15, 0.2) is 6.10 Å². The number of unbranched alkanes of at least 4 members (excludes halogenated alkanes) is 1. The smallest absolute Gasteiger partial charge is 0.264 e. The maximum Gasteiger partial charge on any atom is 0.264 e. The minimum absolute atomic E-state index is 0.0245. The minimum atomic E-state index is -0.370. The molecule has 1 atom stereocenters. The Morgan fingerprint density at radius 2 is 1.85 bits per heavy atom. The van der Waals surface area contributed by atoms with Gasteiger partial charge < -0.3 is 15.0 Å². The average Bonchev–Trinajstić information content (AvgIpc) is 2.96. The predicted octanol–water partition coefficient (Wildman–Crippen LogP) is 3.93. The number of para-hydroxylation sites is 1. The van der Waals surface area contributed by atoms with Crippen LogP contribution in [0.15, 0.2) is 24.3 Å². The van der Waals surface area contributed by atoms with E-state index in [-0.39, 0.29) is 29.1 Å². The molecular weight excluding hydrogens is 324 g/mol. The zero-order valence-corrected chi connectivity index (χ0v) is 17.0. The molecule has 1 unspecified atom stereocenters. The summed E-state index contributed by atoms with van der Waals surface area (Å²) in [5.41, 5.74) is 1.19. The molecule has 4 nitrogen and oxygen atoms in total. The highest BCUT2D eigenvalue weighted by Gasteiger charge is 2.43. The lowest BCUT2D eigenvalue weighted by Crippen LogP contribution is -2.63. The first-order chi connectivity index (χ1) is 12.2. The summed E-state index contributed by atoms with van der Waals surface area (Å²) in [6.07, 6.45) is 4.40. The van der Waals surface area contributed by atoms with E-state index in [1.165, 1.54) is 0 Å². The fourth-order valence-corrected chi connectivity index (χ4v) is 4.79. The second-order valence-corrected chi connectivity index (χ2v) is 9.26. The Morgan fingerprint density at radius 3 is 2.46 bits per heavy atom. The third-order valence-corrected chi connectivity index (χ3v) is 5.57. The molecule has 1 amide bonds. The van der Waals surface area contributed by atoms with E-state index in [0.29, 0.717) is 6.42 Å². The second-order valence-electron chi connectivity index (χ2n) is 9.26. The number of rotatable bonds is 5. The van der Waals surface area contributed by atoms with Crippen LogP contribution in [0.1, 0.15) is 65.9 Å². The Hall–Kier alpha value is -1.55. The highest BCUT2D eigenvalue weighted by atomic mass is 16.5. The van der Waals surface area contributed by atoms with Crippen LogP contribution in [0.2, 0.25) is 0 Å². The number of amides is 1. The number of piperidine rings is 1. The number of carbonyl (C=O) groups is 1. The third kappa shape index (κ3) is 4.22. The van der Waals surface area contributed by atoms with Gasteiger partial charge in [-0.05, 0) is 58.6 Å². The Labute approximate surface area is 158 Å². The summed E-state index contributed by atoms with van der Waals surface area (Å²) >= 11 is 0. The fraction of sp³-hybridized carbons (Fsp3) is 0.682. The van der Waals surface area contributed by atoms with Crippen molar-refractivity contribution >= 4 is 5.91 Å². The van der Waals surface area contributed by atoms with Crippen molar-refractivity contribution in [2.75, 3.05) is 6.54 Å². The summed E-state index contributed by atoms with van der Waals surface area (Å²) in [6.45, 7) is 12.0. The SMILES string of the molecule is CCCCN(C(=O)C1Cc2ccccc2O1)C1CC(C)(C)NC(C)(C)C1. The zero-order chi connectivity index (χ0) is 18.9. The summed E-state index contributed by atoms with van der Waals surface area (Å²) in [5.74, 6) is 1.03. The van der Waals surface area contributed by atoms with Gasteiger partial charge in [0.1, 0.15) is 5.75 Å². The van der Waals surface area contributed by atoms with Crippen molar-refractivity contribution in [2.45, 2.75) is 89.9 Å². The first-order valence-electron chi connectivity index (χ1n) is 10.1. The normalized spacial score (nSPS) is 24.0. The lowest BCUT2D eigenvalue weighted by atomic mass is 9.78. The van der Waals surface area contributed by atoms with Crippen LogP contribution in [0.4, 0.5) is 0 Å². The van der Waals surface area contributed by atoms with E-state index < -0.39 is 0 Å². The molecule has 0 aromatic heterocycles. The van der Waals surface area contributed by atoms with E-state index in [1.54, 1.807) is 0 Å². The summed E-state index contributed by atoms with van der Waals surface area (Å²) in [6, 6.07) is 8.28. The van der Waals surface area contributed by atoms with Crippen molar-refractivity contribution in [3.8, 4) is 5.75 Å². The molecular formula is C22H34N2O2. The Bertz CT molecular complexity index is 612. The zero-order valence-electron chi connectivity index (χ0n) is 17.0. The number of carbonyl (C=O) groups excluding carboxylic acids is 1. The number of ether oxygens (including phenoxy) is 1. The van der Waals surface area contributed by atoms with Gasteiger partial charge in [-0.15, -0.1) is 0 Å². The van der Waals surface area contributed by atoms with Gasteiger partial charge >= 0.3 is 0 Å². The molecule has 0 radical (unpaired) electrons. The number of nitrogens with one attached hydrogen (secondary N) is 1. The van der Waals surface area contributed by atoms with Crippen LogP contribution in [0.25, 0.3) is 0 Å². The number of hydrogen-bond donors (Lipinski definition) is 1. The first-order valence-corrected chi connectivity index (χ1v) is 10.1. The molecule has 2 aliphatic heterocycles. The van der Waals surface area contributed by atoms with E-state index >= 15 is 0 Å². The molecule has 3 rings (SSSR count). The molecule has 2 aliphatic rings. The van der Waals surface area contributed by atoms with Crippen molar-refractivity contribution in [1.29, 1.82) is 0 Å². The minimum Gasteiger partial charge on any atom is -0.480 e. The van der Waals surface area contributed by atoms with Gasteiger partial charge in [-0.2, -0.15) is 0 Å². The van der Waals surface area contributed by atoms with Crippen LogP contribution < -0.4 is 10.1 Å². The van der Waals surface area contributed by atoms with Crippen LogP contribution in [0, 0.1) is 0 Å². The molecule has 0 saturated carbocycles. The molecule has 1 aromatic rings. The maximum atomic E-state index is 13.4. The molecule has 4 heteroatoms. The number of hydrogen-bond acceptors (Lipinski definition) is 3. The quantitative estimate of drug-likeness (QED) is 0.867. The predicted molar refractivity (Wildman–Crippen MR) is 105 cm³/mol. The standard InChI is InChI=1S/C22H34N2O2/c1-6-7-12-24(17-14-21(2,3)23-22(4,5)15-17)20(25)19-13-16-10-8-9-11-18(16)26-19/h8-11,17,19,23H,6-7,12-15H2,1-5H3. The van der Waals surface area contributed by atoms with Crippen LogP contribution in [0.3, 0.4) is 0 Å². The Balaban J connectivity index is 1.78. The van der Waals surface area contributed by atoms with Gasteiger partial charge in [0.05, 0.1) is 0 Å². The molecule has 0 bridgehead atoms. The maximum absolute atomic E-state index is 13.4. The van der Waals surface area contributed by atoms with Gasteiger partial charge in [-0.3, -0.25) is 4.79 Å². The number of fused-ring (bicyclic) bond motifs is 1. The molecule has 0 spiro atoms. The highest BCUT2D eigenvalue weighted by molar-refractivity contribution is 5.83. The van der Waals surface area contributed by atoms with Crippen LogP contribution in [-0.4, -0.2) is 40.6 Å². The lowest BCUT2D eigenvalue weighted by Gasteiger charge is -2.50. The Kier molecular flexibility index (Phi) is 5.34. The van der Waals surface area contributed by atoms with Gasteiger partial charge in [-0.1, -0.05) is 31.5 Å². The van der Waals surface area contributed by atoms with Crippen LogP contribution in [-0.2, 0) is 11.2 Å². The largest absolute Gasteiger partial charge is 0.480 e. The molecule has 1 fully saturated rings. The van der Waals surface area contributed by atoms with E-state index in [1.807, 2.05) is 18.2 Å². The highest BCUT2D eigenvalue weighted by Crippen LogP contribution is 2.34. The third-order valence-electron chi connectivity index (χ3n) is 5.57. The van der Waals surface area contributed by atoms with Crippen molar-refractivity contribution < 1.29 is 9.53 Å². The van der Waals surface area contributed by atoms with Gasteiger partial charge in [0.2, 0.25) is 0 Å². The van der Waals surface area contributed by atoms with E-state index in [0.717, 1.165) is 43.5 Å². The van der Waals surface area contributed by atoms with Gasteiger partial charge in [-0.25, -0.2) is 0 Å². The lowest BCUT2D eigenvalue weighted by molar-refractivity contribution is -0.142. The van der Waals surface area contributed by atoms with E-state index in [2.05, 4.69) is 50.9 Å². The summed E-state index contributed by atoms with van der Waals surface area (Å²) in [7, 11) is 0. The van der Waals surface area contributed by atoms with Gasteiger partial charge in [0, 0.05) is 30.1 Å². The summed E-state index contributed by atoms with van der Waals surface area (Å²) in [5, 5.41) is 3.73. The second kappa shape index (κ2) is 7.22. The molecule has 1 N–H and O–H groups in total. The molecule has 1 saturated heterocycles. The molecule has 144 valence electrons. The number of benzene rings is 1. The fourth-order valence-electron chi connectivity index (χ4n) is 4.79. The topological polar surface area (TPSA) is 41.6 Å². The van der Waals surface area contributed by atoms with E-state index in [4.69, 9.17) is 4.74 Å². The summed E-state index contributed by atoms with van der Waals surface area (Å²) in [4.78, 5) is 15.6. The van der Waals surface area contributed by atoms with Crippen LogP contribution in [0.5, 0.6) is 5.75 Å². The monoisotopic (exact) mass is 358 g/mol. The first kappa shape index (κ1) is 19.2. The van der Waals surface area contributed by atoms with Crippen molar-refractivity contribution in [3.63, 3.8) is 0 Å². The molecule has 0 aliphatic carbocycles. The van der Waals surface area contributed by atoms with E-state index in [9.17, 15) is 4.79 Å². The summed E-state index contributed by atoms with van der Waals surface area (Å²) < 4.78 is 6.02. The molecule has 1 aromatic carbocycles. The van der Waals surface area contributed by atoms with Crippen LogP contribution >= 0.6 is 0 Å². The van der Waals surface area contributed by atoms with Crippen molar-refractivity contribution in [1.82, 2.24) is 10.2 Å². The molecule has 26 heavy (non-hydrogen) atoms. The Morgan fingerprint density at radius 1 is 1.19 bits per heavy atom.